The number of rotatable bonds is 12. The summed E-state index contributed by atoms with van der Waals surface area (Å²) in [6, 6.07) is 20.6. The summed E-state index contributed by atoms with van der Waals surface area (Å²) in [5, 5.41) is 3.50. The van der Waals surface area contributed by atoms with Gasteiger partial charge in [-0.05, 0) is 74.9 Å². The Balaban J connectivity index is 1.70. The SMILES string of the molecule is CC[C@H](C(=O)NC1CCCC1)N(CCc1ccccc1)C(=O)CN(c1cc(Cl)ccc1C)S(=O)(=O)c1ccc(C)cc1. The van der Waals surface area contributed by atoms with Crippen molar-refractivity contribution in [3.63, 3.8) is 0 Å². The van der Waals surface area contributed by atoms with E-state index < -0.39 is 28.5 Å². The van der Waals surface area contributed by atoms with E-state index in [0.717, 1.165) is 41.1 Å². The molecule has 4 rings (SSSR count). The molecule has 0 unspecified atom stereocenters. The first kappa shape index (κ1) is 31.6. The zero-order valence-electron chi connectivity index (χ0n) is 24.6. The fourth-order valence-electron chi connectivity index (χ4n) is 5.47. The van der Waals surface area contributed by atoms with Crippen molar-refractivity contribution in [2.75, 3.05) is 17.4 Å². The number of carbonyl (C=O) groups is 2. The van der Waals surface area contributed by atoms with Gasteiger partial charge in [0.2, 0.25) is 11.8 Å². The Morgan fingerprint density at radius 3 is 2.29 bits per heavy atom. The van der Waals surface area contributed by atoms with Crippen molar-refractivity contribution in [1.82, 2.24) is 10.2 Å². The van der Waals surface area contributed by atoms with Crippen molar-refractivity contribution >= 4 is 39.1 Å². The zero-order valence-corrected chi connectivity index (χ0v) is 26.1. The second-order valence-electron chi connectivity index (χ2n) is 11.0. The van der Waals surface area contributed by atoms with E-state index in [-0.39, 0.29) is 23.4 Å². The maximum atomic E-state index is 14.2. The summed E-state index contributed by atoms with van der Waals surface area (Å²) in [5.74, 6) is -0.646. The number of amides is 2. The van der Waals surface area contributed by atoms with Crippen molar-refractivity contribution < 1.29 is 18.0 Å². The van der Waals surface area contributed by atoms with Crippen LogP contribution in [-0.2, 0) is 26.0 Å². The third-order valence-electron chi connectivity index (χ3n) is 7.90. The van der Waals surface area contributed by atoms with Gasteiger partial charge in [0, 0.05) is 17.6 Å². The van der Waals surface area contributed by atoms with Crippen LogP contribution in [0.2, 0.25) is 5.02 Å². The molecule has 0 aliphatic heterocycles. The maximum Gasteiger partial charge on any atom is 0.264 e. The highest BCUT2D eigenvalue weighted by Gasteiger charge is 2.34. The normalized spacial score (nSPS) is 14.4. The van der Waals surface area contributed by atoms with Gasteiger partial charge in [-0.15, -0.1) is 0 Å². The molecular weight excluding hydrogens is 570 g/mol. The van der Waals surface area contributed by atoms with Gasteiger partial charge in [-0.1, -0.05) is 85.5 Å². The maximum absolute atomic E-state index is 14.2. The molecule has 3 aromatic rings. The average Bonchev–Trinajstić information content (AvgIpc) is 3.49. The molecule has 2 amide bonds. The summed E-state index contributed by atoms with van der Waals surface area (Å²) in [5.41, 5.74) is 2.92. The molecule has 1 atom stereocenters. The van der Waals surface area contributed by atoms with Gasteiger partial charge in [0.05, 0.1) is 10.6 Å². The molecule has 1 aliphatic carbocycles. The molecule has 0 spiro atoms. The summed E-state index contributed by atoms with van der Waals surface area (Å²) in [7, 11) is -4.15. The second kappa shape index (κ2) is 14.2. The fourth-order valence-corrected chi connectivity index (χ4v) is 7.10. The lowest BCUT2D eigenvalue weighted by atomic mass is 10.1. The molecule has 0 radical (unpaired) electrons. The van der Waals surface area contributed by atoms with Gasteiger partial charge in [0.15, 0.2) is 0 Å². The van der Waals surface area contributed by atoms with Crippen molar-refractivity contribution in [1.29, 1.82) is 0 Å². The Morgan fingerprint density at radius 2 is 1.64 bits per heavy atom. The van der Waals surface area contributed by atoms with Gasteiger partial charge in [-0.2, -0.15) is 0 Å². The minimum absolute atomic E-state index is 0.0714. The van der Waals surface area contributed by atoms with Crippen molar-refractivity contribution in [3.8, 4) is 0 Å². The molecule has 0 bridgehead atoms. The first-order valence-corrected chi connectivity index (χ1v) is 16.4. The third-order valence-corrected chi connectivity index (χ3v) is 9.91. The van der Waals surface area contributed by atoms with Crippen LogP contribution in [0.15, 0.2) is 77.7 Å². The van der Waals surface area contributed by atoms with E-state index in [4.69, 9.17) is 11.6 Å². The summed E-state index contributed by atoms with van der Waals surface area (Å²) < 4.78 is 29.3. The number of aryl methyl sites for hydroxylation is 2. The van der Waals surface area contributed by atoms with Crippen LogP contribution in [0.5, 0.6) is 0 Å². The topological polar surface area (TPSA) is 86.8 Å². The summed E-state index contributed by atoms with van der Waals surface area (Å²) in [4.78, 5) is 29.4. The highest BCUT2D eigenvalue weighted by atomic mass is 35.5. The summed E-state index contributed by atoms with van der Waals surface area (Å²) in [6.07, 6.45) is 4.93. The van der Waals surface area contributed by atoms with E-state index >= 15 is 0 Å². The number of benzene rings is 3. The van der Waals surface area contributed by atoms with Gasteiger partial charge in [0.25, 0.3) is 10.0 Å². The lowest BCUT2D eigenvalue weighted by Crippen LogP contribution is -2.54. The third kappa shape index (κ3) is 7.72. The van der Waals surface area contributed by atoms with Gasteiger partial charge >= 0.3 is 0 Å². The Labute approximate surface area is 254 Å². The molecule has 0 saturated heterocycles. The molecule has 9 heteroatoms. The number of nitrogens with one attached hydrogen (secondary N) is 1. The van der Waals surface area contributed by atoms with Crippen molar-refractivity contribution in [3.05, 3.63) is 94.5 Å². The molecule has 1 aliphatic rings. The molecule has 1 N–H and O–H groups in total. The molecule has 1 saturated carbocycles. The zero-order chi connectivity index (χ0) is 30.3. The Morgan fingerprint density at radius 1 is 0.976 bits per heavy atom. The second-order valence-corrected chi connectivity index (χ2v) is 13.3. The number of hydrogen-bond acceptors (Lipinski definition) is 4. The van der Waals surface area contributed by atoms with Crippen LogP contribution in [-0.4, -0.2) is 50.3 Å². The fraction of sp³-hybridized carbons (Fsp3) is 0.394. The largest absolute Gasteiger partial charge is 0.352 e. The van der Waals surface area contributed by atoms with E-state index in [9.17, 15) is 18.0 Å². The molecule has 1 fully saturated rings. The number of halogens is 1. The number of nitrogens with zero attached hydrogens (tertiary/aromatic N) is 2. The van der Waals surface area contributed by atoms with Gasteiger partial charge in [-0.3, -0.25) is 13.9 Å². The van der Waals surface area contributed by atoms with E-state index in [2.05, 4.69) is 5.32 Å². The predicted octanol–water partition coefficient (Wildman–Crippen LogP) is 6.06. The lowest BCUT2D eigenvalue weighted by molar-refractivity contribution is -0.139. The molecule has 0 heterocycles. The van der Waals surface area contributed by atoms with Crippen molar-refractivity contribution in [2.45, 2.75) is 76.3 Å². The Hall–Kier alpha value is -3.36. The smallest absolute Gasteiger partial charge is 0.264 e. The van der Waals surface area contributed by atoms with E-state index in [1.807, 2.05) is 44.2 Å². The number of sulfonamides is 1. The monoisotopic (exact) mass is 609 g/mol. The highest BCUT2D eigenvalue weighted by molar-refractivity contribution is 7.92. The summed E-state index contributed by atoms with van der Waals surface area (Å²) in [6.45, 7) is 5.34. The highest BCUT2D eigenvalue weighted by Crippen LogP contribution is 2.30. The molecule has 42 heavy (non-hydrogen) atoms. The Kier molecular flexibility index (Phi) is 10.7. The number of anilines is 1. The predicted molar refractivity (Wildman–Crippen MR) is 168 cm³/mol. The lowest BCUT2D eigenvalue weighted by Gasteiger charge is -2.34. The first-order valence-electron chi connectivity index (χ1n) is 14.6. The van der Waals surface area contributed by atoms with Crippen LogP contribution in [0.25, 0.3) is 0 Å². The van der Waals surface area contributed by atoms with Crippen LogP contribution in [0.1, 0.15) is 55.7 Å². The molecule has 224 valence electrons. The van der Waals surface area contributed by atoms with Crippen LogP contribution in [0.3, 0.4) is 0 Å². The quantitative estimate of drug-likeness (QED) is 0.270. The van der Waals surface area contributed by atoms with E-state index in [1.54, 1.807) is 54.3 Å². The van der Waals surface area contributed by atoms with Crippen LogP contribution in [0.4, 0.5) is 5.69 Å². The standard InChI is InChI=1S/C33H40ClN3O4S/c1-4-30(33(39)35-28-12-8-9-13-28)36(21-20-26-10-6-5-7-11-26)32(38)23-37(31-22-27(34)17-16-25(31)3)42(40,41)29-18-14-24(2)15-19-29/h5-7,10-11,14-19,22,28,30H,4,8-9,12-13,20-21,23H2,1-3H3,(H,35,39)/t30-/m1/s1. The van der Waals surface area contributed by atoms with Crippen LogP contribution in [0, 0.1) is 13.8 Å². The first-order chi connectivity index (χ1) is 20.1. The molecule has 0 aromatic heterocycles. The van der Waals surface area contributed by atoms with E-state index in [1.165, 1.54) is 0 Å². The molecular formula is C33H40ClN3O4S. The van der Waals surface area contributed by atoms with Crippen molar-refractivity contribution in [2.24, 2.45) is 0 Å². The summed E-state index contributed by atoms with van der Waals surface area (Å²) >= 11 is 6.32. The van der Waals surface area contributed by atoms with Crippen LogP contribution < -0.4 is 9.62 Å². The van der Waals surface area contributed by atoms with Gasteiger partial charge < -0.3 is 10.2 Å². The van der Waals surface area contributed by atoms with Gasteiger partial charge in [-0.25, -0.2) is 8.42 Å². The minimum atomic E-state index is -4.15. The van der Waals surface area contributed by atoms with Crippen LogP contribution >= 0.6 is 11.6 Å². The number of carbonyl (C=O) groups excluding carboxylic acids is 2. The number of hydrogen-bond donors (Lipinski definition) is 1. The molecule has 3 aromatic carbocycles. The molecule has 7 nitrogen and oxygen atoms in total. The Bertz CT molecular complexity index is 1470. The van der Waals surface area contributed by atoms with Gasteiger partial charge in [0.1, 0.15) is 12.6 Å². The average molecular weight is 610 g/mol. The minimum Gasteiger partial charge on any atom is -0.352 e. The van der Waals surface area contributed by atoms with E-state index in [0.29, 0.717) is 29.1 Å².